The molecule has 2 aliphatic heterocycles. The molecular weight excluding hydrogens is 116 g/mol. The molecule has 0 atom stereocenters. The van der Waals surface area contributed by atoms with E-state index in [-0.39, 0.29) is 12.1 Å². The number of hydrogen-bond donors (Lipinski definition) is 0. The van der Waals surface area contributed by atoms with Gasteiger partial charge < -0.3 is 9.47 Å². The fourth-order valence-corrected chi connectivity index (χ4v) is 1.16. The van der Waals surface area contributed by atoms with E-state index in [1.54, 1.807) is 0 Å². The van der Waals surface area contributed by atoms with E-state index in [1.807, 2.05) is 0 Å². The third-order valence-corrected chi connectivity index (χ3v) is 1.99. The SMILES string of the molecule is CCCCCC12OC1O2. The molecule has 2 fully saturated rings. The summed E-state index contributed by atoms with van der Waals surface area (Å²) in [5.41, 5.74) is 0. The molecule has 0 N–H and O–H groups in total. The molecule has 0 amide bonds. The first-order chi connectivity index (χ1) is 4.37. The zero-order chi connectivity index (χ0) is 6.32. The van der Waals surface area contributed by atoms with Crippen molar-refractivity contribution in [1.29, 1.82) is 0 Å². The lowest BCUT2D eigenvalue weighted by Gasteiger charge is -1.97. The molecule has 0 aromatic carbocycles. The van der Waals surface area contributed by atoms with Crippen molar-refractivity contribution in [3.8, 4) is 0 Å². The van der Waals surface area contributed by atoms with E-state index >= 15 is 0 Å². The van der Waals surface area contributed by atoms with Crippen LogP contribution in [0.25, 0.3) is 0 Å². The summed E-state index contributed by atoms with van der Waals surface area (Å²) in [5.74, 6) is -0.0326. The Hall–Kier alpha value is -0.0800. The lowest BCUT2D eigenvalue weighted by atomic mass is 10.2. The van der Waals surface area contributed by atoms with Crippen LogP contribution in [0, 0.1) is 0 Å². The fourth-order valence-electron chi connectivity index (χ4n) is 1.16. The van der Waals surface area contributed by atoms with Crippen LogP contribution in [0.15, 0.2) is 0 Å². The molecule has 0 unspecified atom stereocenters. The molecule has 0 spiro atoms. The molecule has 0 aliphatic carbocycles. The number of hydrogen-bond acceptors (Lipinski definition) is 2. The second kappa shape index (κ2) is 1.70. The molecule has 9 heavy (non-hydrogen) atoms. The minimum atomic E-state index is -0.0326. The van der Waals surface area contributed by atoms with Crippen LogP contribution in [0.5, 0.6) is 0 Å². The Kier molecular flexibility index (Phi) is 1.08. The Bertz CT molecular complexity index is 116. The van der Waals surface area contributed by atoms with Gasteiger partial charge in [-0.05, 0) is 6.42 Å². The molecular formula is C7H12O2. The van der Waals surface area contributed by atoms with E-state index in [9.17, 15) is 0 Å². The van der Waals surface area contributed by atoms with Crippen molar-refractivity contribution in [2.45, 2.75) is 44.7 Å². The van der Waals surface area contributed by atoms with Crippen molar-refractivity contribution in [3.63, 3.8) is 0 Å². The minimum absolute atomic E-state index is 0.0326. The van der Waals surface area contributed by atoms with Crippen LogP contribution in [-0.4, -0.2) is 12.1 Å². The molecule has 2 heterocycles. The van der Waals surface area contributed by atoms with Crippen molar-refractivity contribution in [2.75, 3.05) is 0 Å². The van der Waals surface area contributed by atoms with Gasteiger partial charge in [0.2, 0.25) is 12.1 Å². The highest BCUT2D eigenvalue weighted by Crippen LogP contribution is 2.59. The molecule has 0 saturated carbocycles. The Labute approximate surface area is 55.1 Å². The molecule has 0 aromatic heterocycles. The second-order valence-electron chi connectivity index (χ2n) is 2.84. The Morgan fingerprint density at radius 2 is 2.00 bits per heavy atom. The molecule has 2 nitrogen and oxygen atoms in total. The molecule has 0 bridgehead atoms. The summed E-state index contributed by atoms with van der Waals surface area (Å²) in [6.07, 6.45) is 5.18. The maximum absolute atomic E-state index is 5.12. The number of ether oxygens (including phenoxy) is 2. The predicted octanol–water partition coefficient (Wildman–Crippen LogP) is 1.65. The van der Waals surface area contributed by atoms with E-state index in [0.717, 1.165) is 6.42 Å². The Balaban J connectivity index is 1.58. The lowest BCUT2D eigenvalue weighted by molar-refractivity contribution is -0.0542. The maximum atomic E-state index is 5.12. The summed E-state index contributed by atoms with van der Waals surface area (Å²) >= 11 is 0. The van der Waals surface area contributed by atoms with Crippen molar-refractivity contribution in [1.82, 2.24) is 0 Å². The first-order valence-corrected chi connectivity index (χ1v) is 3.73. The van der Waals surface area contributed by atoms with Gasteiger partial charge in [0.25, 0.3) is 0 Å². The minimum Gasteiger partial charge on any atom is -0.310 e. The van der Waals surface area contributed by atoms with E-state index in [1.165, 1.54) is 19.3 Å². The van der Waals surface area contributed by atoms with Crippen LogP contribution >= 0.6 is 0 Å². The van der Waals surface area contributed by atoms with E-state index in [2.05, 4.69) is 6.92 Å². The van der Waals surface area contributed by atoms with Crippen molar-refractivity contribution in [3.05, 3.63) is 0 Å². The van der Waals surface area contributed by atoms with E-state index in [0.29, 0.717) is 0 Å². The fraction of sp³-hybridized carbons (Fsp3) is 1.00. The third kappa shape index (κ3) is 0.864. The van der Waals surface area contributed by atoms with E-state index < -0.39 is 0 Å². The number of unbranched alkanes of at least 4 members (excludes halogenated alkanes) is 2. The standard InChI is InChI=1S/C7H12O2/c1-2-3-4-5-7-6(8-7)9-7/h6H,2-5H2,1H3. The second-order valence-corrected chi connectivity index (χ2v) is 2.84. The highest BCUT2D eigenvalue weighted by molar-refractivity contribution is 5.02. The number of epoxide rings is 2. The summed E-state index contributed by atoms with van der Waals surface area (Å²) in [4.78, 5) is 0. The molecule has 2 aliphatic rings. The number of fused-ring (bicyclic) bond motifs is 1. The Morgan fingerprint density at radius 1 is 1.33 bits per heavy atom. The smallest absolute Gasteiger partial charge is 0.225 e. The van der Waals surface area contributed by atoms with Crippen LogP contribution in [0.2, 0.25) is 0 Å². The average Bonchev–Trinajstić information content (AvgIpc) is 2.54. The normalized spacial score (nSPS) is 44.3. The molecule has 52 valence electrons. The highest BCUT2D eigenvalue weighted by atomic mass is 17.0. The van der Waals surface area contributed by atoms with Gasteiger partial charge in [-0.15, -0.1) is 0 Å². The van der Waals surface area contributed by atoms with Gasteiger partial charge in [0, 0.05) is 6.42 Å². The van der Waals surface area contributed by atoms with Crippen molar-refractivity contribution in [2.24, 2.45) is 0 Å². The highest BCUT2D eigenvalue weighted by Gasteiger charge is 2.76. The first-order valence-electron chi connectivity index (χ1n) is 3.73. The predicted molar refractivity (Wildman–Crippen MR) is 32.8 cm³/mol. The zero-order valence-corrected chi connectivity index (χ0v) is 5.72. The largest absolute Gasteiger partial charge is 0.310 e. The van der Waals surface area contributed by atoms with Gasteiger partial charge in [-0.25, -0.2) is 0 Å². The molecule has 0 aromatic rings. The molecule has 0 radical (unpaired) electrons. The summed E-state index contributed by atoms with van der Waals surface area (Å²) < 4.78 is 10.2. The first kappa shape index (κ1) is 5.69. The van der Waals surface area contributed by atoms with Crippen LogP contribution in [0.4, 0.5) is 0 Å². The van der Waals surface area contributed by atoms with Crippen LogP contribution in [0.1, 0.15) is 32.6 Å². The molecule has 2 heteroatoms. The topological polar surface area (TPSA) is 25.1 Å². The van der Waals surface area contributed by atoms with Crippen LogP contribution in [0.3, 0.4) is 0 Å². The number of rotatable bonds is 4. The van der Waals surface area contributed by atoms with Gasteiger partial charge in [0.1, 0.15) is 0 Å². The summed E-state index contributed by atoms with van der Waals surface area (Å²) in [6, 6.07) is 0. The van der Waals surface area contributed by atoms with Gasteiger partial charge >= 0.3 is 0 Å². The average molecular weight is 128 g/mol. The van der Waals surface area contributed by atoms with Crippen molar-refractivity contribution < 1.29 is 9.47 Å². The lowest BCUT2D eigenvalue weighted by Crippen LogP contribution is -1.97. The monoisotopic (exact) mass is 128 g/mol. The van der Waals surface area contributed by atoms with Gasteiger partial charge in [0.05, 0.1) is 0 Å². The van der Waals surface area contributed by atoms with E-state index in [4.69, 9.17) is 9.47 Å². The molecule has 2 rings (SSSR count). The third-order valence-electron chi connectivity index (χ3n) is 1.99. The summed E-state index contributed by atoms with van der Waals surface area (Å²) in [5, 5.41) is 0. The summed E-state index contributed by atoms with van der Waals surface area (Å²) in [6.45, 7) is 2.21. The quantitative estimate of drug-likeness (QED) is 0.425. The zero-order valence-electron chi connectivity index (χ0n) is 5.72. The molecule has 2 saturated heterocycles. The van der Waals surface area contributed by atoms with Crippen LogP contribution in [-0.2, 0) is 9.47 Å². The maximum Gasteiger partial charge on any atom is 0.225 e. The van der Waals surface area contributed by atoms with Gasteiger partial charge in [0.15, 0.2) is 0 Å². The van der Waals surface area contributed by atoms with Crippen molar-refractivity contribution >= 4 is 0 Å². The summed E-state index contributed by atoms with van der Waals surface area (Å²) in [7, 11) is 0. The van der Waals surface area contributed by atoms with Gasteiger partial charge in [-0.3, -0.25) is 0 Å². The van der Waals surface area contributed by atoms with Gasteiger partial charge in [-0.2, -0.15) is 0 Å². The Morgan fingerprint density at radius 3 is 2.44 bits per heavy atom. The van der Waals surface area contributed by atoms with Gasteiger partial charge in [-0.1, -0.05) is 19.8 Å². The van der Waals surface area contributed by atoms with Crippen LogP contribution < -0.4 is 0 Å².